The fourth-order valence-corrected chi connectivity index (χ4v) is 9.11. The summed E-state index contributed by atoms with van der Waals surface area (Å²) in [5.74, 6) is -0.103. The molecule has 6 heteroatoms. The van der Waals surface area contributed by atoms with Crippen LogP contribution in [0.2, 0.25) is 0 Å². The van der Waals surface area contributed by atoms with Crippen LogP contribution < -0.4 is 5.32 Å². The molecule has 2 unspecified atom stereocenters. The summed E-state index contributed by atoms with van der Waals surface area (Å²) in [6, 6.07) is -0.644. The fraction of sp³-hybridized carbons (Fsp3) is 0.931. The molecule has 1 amide bonds. The Kier molecular flexibility index (Phi) is 53.0. The maximum atomic E-state index is 12.5. The molecular formula is C58H113NO5. The zero-order chi connectivity index (χ0) is 46.5. The molecule has 0 saturated carbocycles. The number of allylic oxidation sites excluding steroid dienone is 1. The largest absolute Gasteiger partial charge is 0.466 e. The van der Waals surface area contributed by atoms with Crippen molar-refractivity contribution in [2.75, 3.05) is 13.2 Å². The Morgan fingerprint density at radius 3 is 1.06 bits per heavy atom. The first kappa shape index (κ1) is 62.6. The van der Waals surface area contributed by atoms with E-state index < -0.39 is 12.1 Å². The Hall–Kier alpha value is -1.40. The third-order valence-corrected chi connectivity index (χ3v) is 13.6. The van der Waals surface area contributed by atoms with E-state index in [-0.39, 0.29) is 18.5 Å². The van der Waals surface area contributed by atoms with Gasteiger partial charge in [-0.2, -0.15) is 0 Å². The van der Waals surface area contributed by atoms with E-state index >= 15 is 0 Å². The summed E-state index contributed by atoms with van der Waals surface area (Å²) >= 11 is 0. The summed E-state index contributed by atoms with van der Waals surface area (Å²) in [6.07, 6.45) is 63.7. The van der Waals surface area contributed by atoms with Gasteiger partial charge in [-0.15, -0.1) is 0 Å². The molecule has 380 valence electrons. The highest BCUT2D eigenvalue weighted by molar-refractivity contribution is 5.76. The maximum Gasteiger partial charge on any atom is 0.305 e. The normalized spacial score (nSPS) is 12.6. The Bertz CT molecular complexity index is 955. The van der Waals surface area contributed by atoms with Crippen LogP contribution in [0.15, 0.2) is 12.2 Å². The van der Waals surface area contributed by atoms with Crippen LogP contribution in [0.25, 0.3) is 0 Å². The first-order valence-corrected chi connectivity index (χ1v) is 29.0. The number of nitrogens with one attached hydrogen (secondary N) is 1. The summed E-state index contributed by atoms with van der Waals surface area (Å²) in [5, 5.41) is 23.1. The van der Waals surface area contributed by atoms with E-state index in [1.807, 2.05) is 6.08 Å². The number of hydrogen-bond acceptors (Lipinski definition) is 5. The van der Waals surface area contributed by atoms with Crippen molar-refractivity contribution in [1.82, 2.24) is 5.32 Å². The third kappa shape index (κ3) is 50.0. The number of esters is 1. The molecule has 0 aromatic rings. The number of aliphatic hydroxyl groups is 2. The molecule has 0 saturated heterocycles. The molecule has 0 aliphatic rings. The lowest BCUT2D eigenvalue weighted by Gasteiger charge is -2.20. The van der Waals surface area contributed by atoms with Crippen molar-refractivity contribution < 1.29 is 24.5 Å². The van der Waals surface area contributed by atoms with Crippen LogP contribution >= 0.6 is 0 Å². The van der Waals surface area contributed by atoms with E-state index in [9.17, 15) is 19.8 Å². The number of rotatable bonds is 54. The van der Waals surface area contributed by atoms with Crippen molar-refractivity contribution in [3.8, 4) is 0 Å². The first-order valence-electron chi connectivity index (χ1n) is 29.0. The number of ether oxygens (including phenoxy) is 1. The fourth-order valence-electron chi connectivity index (χ4n) is 9.11. The van der Waals surface area contributed by atoms with E-state index in [0.29, 0.717) is 19.4 Å². The average molecular weight is 905 g/mol. The van der Waals surface area contributed by atoms with E-state index in [2.05, 4.69) is 19.2 Å². The van der Waals surface area contributed by atoms with Gasteiger partial charge in [-0.3, -0.25) is 9.59 Å². The molecule has 0 heterocycles. The summed E-state index contributed by atoms with van der Waals surface area (Å²) in [6.45, 7) is 4.88. The second-order valence-electron chi connectivity index (χ2n) is 20.0. The Morgan fingerprint density at radius 2 is 0.719 bits per heavy atom. The lowest BCUT2D eigenvalue weighted by atomic mass is 10.0. The van der Waals surface area contributed by atoms with Crippen LogP contribution in [-0.2, 0) is 14.3 Å². The molecule has 0 rings (SSSR count). The molecule has 0 bridgehead atoms. The zero-order valence-corrected chi connectivity index (χ0v) is 43.3. The highest BCUT2D eigenvalue weighted by atomic mass is 16.5. The van der Waals surface area contributed by atoms with Crippen LogP contribution in [0, 0.1) is 0 Å². The average Bonchev–Trinajstić information content (AvgIpc) is 3.29. The van der Waals surface area contributed by atoms with E-state index in [4.69, 9.17) is 4.74 Å². The van der Waals surface area contributed by atoms with Gasteiger partial charge in [0.15, 0.2) is 0 Å². The van der Waals surface area contributed by atoms with Gasteiger partial charge < -0.3 is 20.3 Å². The lowest BCUT2D eigenvalue weighted by molar-refractivity contribution is -0.143. The van der Waals surface area contributed by atoms with Crippen molar-refractivity contribution in [3.05, 3.63) is 12.2 Å². The van der Waals surface area contributed by atoms with Gasteiger partial charge in [0.05, 0.1) is 25.4 Å². The third-order valence-electron chi connectivity index (χ3n) is 13.6. The number of amides is 1. The minimum Gasteiger partial charge on any atom is -0.466 e. The van der Waals surface area contributed by atoms with Crippen LogP contribution in [-0.4, -0.2) is 47.4 Å². The monoisotopic (exact) mass is 904 g/mol. The van der Waals surface area contributed by atoms with Gasteiger partial charge in [0.25, 0.3) is 0 Å². The SMILES string of the molecule is CCCCCCCCCCCCCCCCCC/C=C/C(O)C(CO)NC(=O)CCCCCCCCCCCCOC(=O)CCCCCCCCCCCCCCCCCCCCC. The minimum absolute atomic E-state index is 0.0153. The highest BCUT2D eigenvalue weighted by Gasteiger charge is 2.18. The van der Waals surface area contributed by atoms with Crippen molar-refractivity contribution in [2.45, 2.75) is 334 Å². The van der Waals surface area contributed by atoms with Crippen LogP contribution in [0.4, 0.5) is 0 Å². The Labute approximate surface area is 399 Å². The summed E-state index contributed by atoms with van der Waals surface area (Å²) in [7, 11) is 0. The molecule has 0 aliphatic heterocycles. The number of hydrogen-bond donors (Lipinski definition) is 3. The molecule has 0 spiro atoms. The smallest absolute Gasteiger partial charge is 0.305 e. The maximum absolute atomic E-state index is 12.5. The molecule has 0 fully saturated rings. The first-order chi connectivity index (χ1) is 31.5. The van der Waals surface area contributed by atoms with Crippen LogP contribution in [0.5, 0.6) is 0 Å². The zero-order valence-electron chi connectivity index (χ0n) is 43.3. The van der Waals surface area contributed by atoms with Gasteiger partial charge in [-0.05, 0) is 32.1 Å². The minimum atomic E-state index is -0.858. The number of carbonyl (C=O) groups excluding carboxylic acids is 2. The summed E-state index contributed by atoms with van der Waals surface area (Å²) in [4.78, 5) is 24.6. The van der Waals surface area contributed by atoms with Crippen LogP contribution in [0.1, 0.15) is 322 Å². The van der Waals surface area contributed by atoms with Gasteiger partial charge >= 0.3 is 5.97 Å². The van der Waals surface area contributed by atoms with E-state index in [1.165, 1.54) is 238 Å². The topological polar surface area (TPSA) is 95.9 Å². The molecular weight excluding hydrogens is 791 g/mol. The summed E-state index contributed by atoms with van der Waals surface area (Å²) in [5.41, 5.74) is 0. The molecule has 0 radical (unpaired) electrons. The number of aliphatic hydroxyl groups excluding tert-OH is 2. The lowest BCUT2D eigenvalue weighted by Crippen LogP contribution is -2.45. The highest BCUT2D eigenvalue weighted by Crippen LogP contribution is 2.17. The van der Waals surface area contributed by atoms with Gasteiger partial charge in [-0.25, -0.2) is 0 Å². The van der Waals surface area contributed by atoms with E-state index in [1.54, 1.807) is 6.08 Å². The van der Waals surface area contributed by atoms with Gasteiger partial charge in [0.1, 0.15) is 0 Å². The quantitative estimate of drug-likeness (QED) is 0.0321. The van der Waals surface area contributed by atoms with Crippen molar-refractivity contribution in [2.24, 2.45) is 0 Å². The Balaban J connectivity index is 3.47. The molecule has 64 heavy (non-hydrogen) atoms. The van der Waals surface area contributed by atoms with Crippen molar-refractivity contribution >= 4 is 11.9 Å². The standard InChI is InChI=1S/C58H113NO5/c1-3-5-7-9-11-13-15-17-19-21-23-25-27-29-31-36-40-44-48-52-58(63)64-53-49-45-41-37-33-32-35-39-43-47-51-57(62)59-55(54-60)56(61)50-46-42-38-34-30-28-26-24-22-20-18-16-14-12-10-8-6-4-2/h46,50,55-56,60-61H,3-45,47-49,51-54H2,1-2H3,(H,59,62)/b50-46+. The predicted molar refractivity (Wildman–Crippen MR) is 278 cm³/mol. The molecule has 3 N–H and O–H groups in total. The van der Waals surface area contributed by atoms with Gasteiger partial charge in [0.2, 0.25) is 5.91 Å². The summed E-state index contributed by atoms with van der Waals surface area (Å²) < 4.78 is 5.48. The molecule has 6 nitrogen and oxygen atoms in total. The van der Waals surface area contributed by atoms with Gasteiger partial charge in [-0.1, -0.05) is 289 Å². The number of carbonyl (C=O) groups is 2. The molecule has 0 aliphatic carbocycles. The van der Waals surface area contributed by atoms with Crippen molar-refractivity contribution in [3.63, 3.8) is 0 Å². The molecule has 0 aromatic heterocycles. The second kappa shape index (κ2) is 54.2. The number of unbranched alkanes of at least 4 members (excludes halogenated alkanes) is 43. The van der Waals surface area contributed by atoms with Crippen molar-refractivity contribution in [1.29, 1.82) is 0 Å². The predicted octanol–water partition coefficient (Wildman–Crippen LogP) is 17.7. The second-order valence-corrected chi connectivity index (χ2v) is 20.0. The van der Waals surface area contributed by atoms with Crippen LogP contribution in [0.3, 0.4) is 0 Å². The molecule has 0 aromatic carbocycles. The van der Waals surface area contributed by atoms with E-state index in [0.717, 1.165) is 57.8 Å². The molecule has 2 atom stereocenters. The Morgan fingerprint density at radius 1 is 0.422 bits per heavy atom. The van der Waals surface area contributed by atoms with Gasteiger partial charge in [0, 0.05) is 12.8 Å².